The number of aliphatic hydroxyl groups excluding tert-OH is 1. The fourth-order valence-electron chi connectivity index (χ4n) is 2.96. The number of nitrogens with zero attached hydrogens (tertiary/aromatic N) is 3. The van der Waals surface area contributed by atoms with Crippen LogP contribution in [0.15, 0.2) is 21.6 Å². The first-order valence-corrected chi connectivity index (χ1v) is 9.76. The number of rotatable bonds is 5. The van der Waals surface area contributed by atoms with Crippen molar-refractivity contribution in [3.8, 4) is 0 Å². The monoisotopic (exact) mass is 373 g/mol. The van der Waals surface area contributed by atoms with Crippen molar-refractivity contribution in [2.24, 2.45) is 0 Å². The maximum absolute atomic E-state index is 12.5. The fraction of sp³-hybridized carbons (Fsp3) is 0.667. The minimum atomic E-state index is -3.74. The molecule has 2 saturated heterocycles. The molecule has 1 aromatic rings. The van der Waals surface area contributed by atoms with Gasteiger partial charge in [0.25, 0.3) is 15.9 Å². The summed E-state index contributed by atoms with van der Waals surface area (Å²) in [4.78, 5) is 16.2. The van der Waals surface area contributed by atoms with E-state index in [-0.39, 0.29) is 36.5 Å². The van der Waals surface area contributed by atoms with Gasteiger partial charge in [-0.15, -0.1) is 0 Å². The highest BCUT2D eigenvalue weighted by Crippen LogP contribution is 2.21. The van der Waals surface area contributed by atoms with E-state index in [1.807, 2.05) is 0 Å². The van der Waals surface area contributed by atoms with Crippen LogP contribution in [0.1, 0.15) is 10.6 Å². The Balaban J connectivity index is 1.66. The van der Waals surface area contributed by atoms with E-state index >= 15 is 0 Å². The number of furan rings is 1. The van der Waals surface area contributed by atoms with Crippen LogP contribution in [-0.2, 0) is 14.8 Å². The molecule has 2 fully saturated rings. The average Bonchev–Trinajstić information content (AvgIpc) is 3.14. The van der Waals surface area contributed by atoms with Crippen molar-refractivity contribution in [3.05, 3.63) is 17.9 Å². The third kappa shape index (κ3) is 4.04. The fourth-order valence-corrected chi connectivity index (χ4v) is 4.28. The van der Waals surface area contributed by atoms with Crippen LogP contribution in [0.4, 0.5) is 0 Å². The lowest BCUT2D eigenvalue weighted by Crippen LogP contribution is -2.49. The van der Waals surface area contributed by atoms with Crippen molar-refractivity contribution in [1.29, 1.82) is 0 Å². The smallest absolute Gasteiger partial charge is 0.289 e. The lowest BCUT2D eigenvalue weighted by molar-refractivity contribution is 0.0578. The Hall–Kier alpha value is -1.46. The Morgan fingerprint density at radius 3 is 2.40 bits per heavy atom. The number of sulfonamides is 1. The SMILES string of the molecule is O=C(c1ccc(S(=O)(=O)N2CCOCC2)o1)N1CCN(CCO)CC1. The summed E-state index contributed by atoms with van der Waals surface area (Å²) in [5.41, 5.74) is 0. The molecular formula is C15H23N3O6S. The quantitative estimate of drug-likeness (QED) is 0.710. The van der Waals surface area contributed by atoms with E-state index in [0.717, 1.165) is 0 Å². The first-order valence-electron chi connectivity index (χ1n) is 8.32. The molecule has 140 valence electrons. The van der Waals surface area contributed by atoms with E-state index in [4.69, 9.17) is 14.3 Å². The summed E-state index contributed by atoms with van der Waals surface area (Å²) >= 11 is 0. The third-order valence-corrected chi connectivity index (χ3v) is 6.20. The number of hydrogen-bond acceptors (Lipinski definition) is 7. The van der Waals surface area contributed by atoms with Crippen LogP contribution in [-0.4, -0.2) is 99.2 Å². The largest absolute Gasteiger partial charge is 0.438 e. The molecule has 1 N–H and O–H groups in total. The molecule has 0 spiro atoms. The number of amides is 1. The van der Waals surface area contributed by atoms with E-state index in [2.05, 4.69) is 4.90 Å². The van der Waals surface area contributed by atoms with Gasteiger partial charge in [-0.3, -0.25) is 9.69 Å². The molecule has 0 aliphatic carbocycles. The van der Waals surface area contributed by atoms with Crippen LogP contribution in [0, 0.1) is 0 Å². The highest BCUT2D eigenvalue weighted by molar-refractivity contribution is 7.89. The van der Waals surface area contributed by atoms with Gasteiger partial charge in [-0.2, -0.15) is 4.31 Å². The molecular weight excluding hydrogens is 350 g/mol. The van der Waals surface area contributed by atoms with Crippen molar-refractivity contribution in [1.82, 2.24) is 14.1 Å². The first kappa shape index (κ1) is 18.3. The van der Waals surface area contributed by atoms with Crippen molar-refractivity contribution in [2.45, 2.75) is 5.09 Å². The third-order valence-electron chi connectivity index (χ3n) is 4.43. The molecule has 0 radical (unpaired) electrons. The summed E-state index contributed by atoms with van der Waals surface area (Å²) in [5, 5.41) is 8.74. The predicted molar refractivity (Wildman–Crippen MR) is 87.7 cm³/mol. The molecule has 3 rings (SSSR count). The molecule has 25 heavy (non-hydrogen) atoms. The number of carbonyl (C=O) groups is 1. The van der Waals surface area contributed by atoms with Gasteiger partial charge in [0.05, 0.1) is 19.8 Å². The highest BCUT2D eigenvalue weighted by atomic mass is 32.2. The number of ether oxygens (including phenoxy) is 1. The van der Waals surface area contributed by atoms with Crippen molar-refractivity contribution in [2.75, 3.05) is 65.6 Å². The van der Waals surface area contributed by atoms with Crippen LogP contribution in [0.2, 0.25) is 0 Å². The first-order chi connectivity index (χ1) is 12.0. The van der Waals surface area contributed by atoms with Gasteiger partial charge in [0, 0.05) is 45.8 Å². The van der Waals surface area contributed by atoms with Crippen LogP contribution in [0.25, 0.3) is 0 Å². The number of piperazine rings is 1. The van der Waals surface area contributed by atoms with E-state index in [1.165, 1.54) is 16.4 Å². The minimum Gasteiger partial charge on any atom is -0.438 e. The van der Waals surface area contributed by atoms with Gasteiger partial charge in [0.1, 0.15) is 0 Å². The molecule has 0 atom stereocenters. The molecule has 1 amide bonds. The summed E-state index contributed by atoms with van der Waals surface area (Å²) in [6.07, 6.45) is 0. The van der Waals surface area contributed by atoms with Crippen LogP contribution in [0.5, 0.6) is 0 Å². The van der Waals surface area contributed by atoms with Crippen LogP contribution < -0.4 is 0 Å². The van der Waals surface area contributed by atoms with Crippen LogP contribution >= 0.6 is 0 Å². The molecule has 1 aromatic heterocycles. The van der Waals surface area contributed by atoms with Gasteiger partial charge in [-0.25, -0.2) is 8.42 Å². The maximum Gasteiger partial charge on any atom is 0.289 e. The van der Waals surface area contributed by atoms with Crippen LogP contribution in [0.3, 0.4) is 0 Å². The summed E-state index contributed by atoms with van der Waals surface area (Å²) < 4.78 is 36.9. The highest BCUT2D eigenvalue weighted by Gasteiger charge is 2.31. The Morgan fingerprint density at radius 1 is 1.08 bits per heavy atom. The summed E-state index contributed by atoms with van der Waals surface area (Å²) in [7, 11) is -3.74. The zero-order valence-electron chi connectivity index (χ0n) is 14.0. The van der Waals surface area contributed by atoms with E-state index in [1.54, 1.807) is 4.90 Å². The molecule has 0 aromatic carbocycles. The second kappa shape index (κ2) is 7.83. The zero-order valence-corrected chi connectivity index (χ0v) is 14.8. The molecule has 9 nitrogen and oxygen atoms in total. The molecule has 3 heterocycles. The Kier molecular flexibility index (Phi) is 5.74. The minimum absolute atomic E-state index is 0.0300. The lowest BCUT2D eigenvalue weighted by atomic mass is 10.3. The molecule has 10 heteroatoms. The number of β-amino-alcohol motifs (C(OH)–C–C–N with tert-alkyl or cyclic N) is 1. The van der Waals surface area contributed by atoms with Gasteiger partial charge < -0.3 is 19.2 Å². The van der Waals surface area contributed by atoms with Gasteiger partial charge in [-0.1, -0.05) is 0 Å². The summed E-state index contributed by atoms with van der Waals surface area (Å²) in [5.74, 6) is -0.283. The molecule has 0 saturated carbocycles. The second-order valence-electron chi connectivity index (χ2n) is 5.99. The second-order valence-corrected chi connectivity index (χ2v) is 7.86. The van der Waals surface area contributed by atoms with Gasteiger partial charge >= 0.3 is 0 Å². The normalized spacial score (nSPS) is 20.8. The van der Waals surface area contributed by atoms with E-state index in [0.29, 0.717) is 45.9 Å². The number of hydrogen-bond donors (Lipinski definition) is 1. The Labute approximate surface area is 146 Å². The predicted octanol–water partition coefficient (Wildman–Crippen LogP) is -0.949. The van der Waals surface area contributed by atoms with E-state index in [9.17, 15) is 13.2 Å². The topological polar surface area (TPSA) is 104 Å². The number of aliphatic hydroxyl groups is 1. The number of morpholine rings is 1. The zero-order chi connectivity index (χ0) is 17.9. The van der Waals surface area contributed by atoms with Gasteiger partial charge in [0.15, 0.2) is 5.76 Å². The maximum atomic E-state index is 12.5. The Bertz CT molecular complexity index is 690. The van der Waals surface area contributed by atoms with Crippen molar-refractivity contribution in [3.63, 3.8) is 0 Å². The van der Waals surface area contributed by atoms with Crippen molar-refractivity contribution >= 4 is 15.9 Å². The Morgan fingerprint density at radius 2 is 1.76 bits per heavy atom. The molecule has 0 bridgehead atoms. The van der Waals surface area contributed by atoms with Gasteiger partial charge in [-0.05, 0) is 12.1 Å². The van der Waals surface area contributed by atoms with Gasteiger partial charge in [0.2, 0.25) is 5.09 Å². The average molecular weight is 373 g/mol. The lowest BCUT2D eigenvalue weighted by Gasteiger charge is -2.33. The summed E-state index contributed by atoms with van der Waals surface area (Å²) in [6, 6.07) is 2.75. The standard InChI is InChI=1S/C15H23N3O6S/c19-10-7-16-3-5-17(6-4-16)15(20)13-1-2-14(24-13)25(21,22)18-8-11-23-12-9-18/h1-2,19H,3-12H2. The molecule has 2 aliphatic heterocycles. The van der Waals surface area contributed by atoms with E-state index < -0.39 is 10.0 Å². The molecule has 2 aliphatic rings. The number of carbonyl (C=O) groups excluding carboxylic acids is 1. The summed E-state index contributed by atoms with van der Waals surface area (Å²) in [6.45, 7) is 4.32. The molecule has 0 unspecified atom stereocenters. The van der Waals surface area contributed by atoms with Crippen molar-refractivity contribution < 1.29 is 27.5 Å².